The molecule has 2 heterocycles. The molecule has 0 bridgehead atoms. The van der Waals surface area contributed by atoms with E-state index in [1.54, 1.807) is 12.3 Å². The Morgan fingerprint density at radius 1 is 1.31 bits per heavy atom. The molecule has 1 aliphatic rings. The van der Waals surface area contributed by atoms with Gasteiger partial charge in [-0.3, -0.25) is 9.48 Å². The van der Waals surface area contributed by atoms with Crippen molar-refractivity contribution in [1.29, 1.82) is 0 Å². The van der Waals surface area contributed by atoms with E-state index < -0.39 is 5.54 Å². The Kier molecular flexibility index (Phi) is 7.35. The zero-order valence-corrected chi connectivity index (χ0v) is 16.9. The first-order chi connectivity index (χ1) is 12.1. The number of amides is 1. The number of carbonyl (C=O) groups excluding carboxylic acids is 1. The van der Waals surface area contributed by atoms with Crippen LogP contribution in [0.5, 0.6) is 0 Å². The van der Waals surface area contributed by atoms with Gasteiger partial charge < -0.3 is 10.2 Å². The summed E-state index contributed by atoms with van der Waals surface area (Å²) in [5, 5.41) is 8.74. The summed E-state index contributed by atoms with van der Waals surface area (Å²) in [5.74, 6) is 0.103. The van der Waals surface area contributed by atoms with E-state index in [1.807, 2.05) is 40.9 Å². The molecule has 1 amide bonds. The molecule has 0 spiro atoms. The van der Waals surface area contributed by atoms with E-state index in [4.69, 9.17) is 23.2 Å². The van der Waals surface area contributed by atoms with Crippen molar-refractivity contribution in [2.75, 3.05) is 19.6 Å². The third-order valence-electron chi connectivity index (χ3n) is 4.80. The number of carbonyl (C=O) groups is 1. The zero-order valence-electron chi connectivity index (χ0n) is 14.6. The molecule has 1 aromatic carbocycles. The first-order valence-corrected chi connectivity index (χ1v) is 9.26. The number of nitrogens with one attached hydrogen (secondary N) is 1. The van der Waals surface area contributed by atoms with Gasteiger partial charge >= 0.3 is 0 Å². The fourth-order valence-corrected chi connectivity index (χ4v) is 3.70. The molecule has 0 aliphatic carbocycles. The minimum Gasteiger partial charge on any atom is -0.337 e. The molecule has 0 radical (unpaired) electrons. The number of piperidine rings is 1. The average molecular weight is 418 g/mol. The summed E-state index contributed by atoms with van der Waals surface area (Å²) in [6.07, 6.45) is 5.07. The maximum atomic E-state index is 13.5. The lowest BCUT2D eigenvalue weighted by Gasteiger charge is -2.40. The Balaban J connectivity index is 0.00000243. The molecule has 5 nitrogen and oxygen atoms in total. The van der Waals surface area contributed by atoms with Gasteiger partial charge in [0.1, 0.15) is 5.54 Å². The van der Waals surface area contributed by atoms with Crippen LogP contribution in [-0.4, -0.2) is 40.2 Å². The predicted octanol–water partition coefficient (Wildman–Crippen LogP) is 3.74. The molecule has 0 unspecified atom stereocenters. The maximum Gasteiger partial charge on any atom is 0.250 e. The van der Waals surface area contributed by atoms with Gasteiger partial charge in [0.25, 0.3) is 5.91 Å². The van der Waals surface area contributed by atoms with E-state index >= 15 is 0 Å². The second kappa shape index (κ2) is 9.09. The van der Waals surface area contributed by atoms with Gasteiger partial charge in [-0.25, -0.2) is 0 Å². The lowest BCUT2D eigenvalue weighted by atomic mass is 9.86. The Morgan fingerprint density at radius 2 is 2.04 bits per heavy atom. The Morgan fingerprint density at radius 3 is 2.62 bits per heavy atom. The molecule has 8 heteroatoms. The summed E-state index contributed by atoms with van der Waals surface area (Å²) < 4.78 is 1.83. The number of benzene rings is 1. The number of hydrogen-bond donors (Lipinski definition) is 1. The van der Waals surface area contributed by atoms with Gasteiger partial charge in [-0.15, -0.1) is 12.4 Å². The minimum atomic E-state index is -0.624. The first-order valence-electron chi connectivity index (χ1n) is 8.51. The highest BCUT2D eigenvalue weighted by atomic mass is 35.5. The molecular weight excluding hydrogens is 395 g/mol. The van der Waals surface area contributed by atoms with Crippen LogP contribution in [0.4, 0.5) is 0 Å². The minimum absolute atomic E-state index is 0. The summed E-state index contributed by atoms with van der Waals surface area (Å²) in [5.41, 5.74) is 0.343. The number of likely N-dealkylation sites (N-methyl/N-ethyl adjacent to an activating group) is 1. The van der Waals surface area contributed by atoms with Crippen LogP contribution in [0.15, 0.2) is 36.7 Å². The molecule has 1 aromatic heterocycles. The normalized spacial score (nSPS) is 16.0. The number of rotatable bonds is 5. The third-order valence-corrected chi connectivity index (χ3v) is 5.54. The van der Waals surface area contributed by atoms with E-state index in [-0.39, 0.29) is 18.3 Å². The van der Waals surface area contributed by atoms with Crippen LogP contribution in [0.25, 0.3) is 0 Å². The van der Waals surface area contributed by atoms with Crippen LogP contribution in [-0.2, 0) is 16.9 Å². The molecule has 0 atom stereocenters. The highest BCUT2D eigenvalue weighted by Gasteiger charge is 2.44. The summed E-state index contributed by atoms with van der Waals surface area (Å²) >= 11 is 12.1. The Hall–Kier alpha value is -1.27. The van der Waals surface area contributed by atoms with Gasteiger partial charge in [0.15, 0.2) is 0 Å². The Labute approximate surface area is 170 Å². The van der Waals surface area contributed by atoms with Crippen molar-refractivity contribution in [3.05, 3.63) is 52.3 Å². The maximum absolute atomic E-state index is 13.5. The second-order valence-corrected chi connectivity index (χ2v) is 7.11. The lowest BCUT2D eigenvalue weighted by Crippen LogP contribution is -2.55. The van der Waals surface area contributed by atoms with E-state index in [2.05, 4.69) is 10.4 Å². The number of aromatic nitrogens is 2. The van der Waals surface area contributed by atoms with Crippen molar-refractivity contribution in [3.63, 3.8) is 0 Å². The van der Waals surface area contributed by atoms with Crippen LogP contribution in [0, 0.1) is 0 Å². The van der Waals surface area contributed by atoms with E-state index in [9.17, 15) is 4.79 Å². The SMILES string of the molecule is CCN(Cc1ccc(Cl)c(Cl)c1)C(=O)C1(n2cccn2)CCNCC1.Cl. The fourth-order valence-electron chi connectivity index (χ4n) is 3.38. The lowest BCUT2D eigenvalue weighted by molar-refractivity contribution is -0.143. The quantitative estimate of drug-likeness (QED) is 0.806. The highest BCUT2D eigenvalue weighted by molar-refractivity contribution is 6.42. The van der Waals surface area contributed by atoms with Crippen LogP contribution in [0.2, 0.25) is 10.0 Å². The smallest absolute Gasteiger partial charge is 0.250 e. The third kappa shape index (κ3) is 4.17. The van der Waals surface area contributed by atoms with Crippen molar-refractivity contribution in [1.82, 2.24) is 20.0 Å². The molecule has 0 saturated carbocycles. The Bertz CT molecular complexity index is 730. The fraction of sp³-hybridized carbons (Fsp3) is 0.444. The van der Waals surface area contributed by atoms with Gasteiger partial charge in [0.05, 0.1) is 10.0 Å². The second-order valence-electron chi connectivity index (χ2n) is 6.30. The molecule has 1 N–H and O–H groups in total. The average Bonchev–Trinajstić information content (AvgIpc) is 3.18. The predicted molar refractivity (Wildman–Crippen MR) is 107 cm³/mol. The van der Waals surface area contributed by atoms with Crippen molar-refractivity contribution in [2.24, 2.45) is 0 Å². The molecule has 1 aliphatic heterocycles. The molecular formula is C18H23Cl3N4O. The monoisotopic (exact) mass is 416 g/mol. The number of halogens is 3. The number of nitrogens with zero attached hydrogens (tertiary/aromatic N) is 3. The van der Waals surface area contributed by atoms with Gasteiger partial charge in [0, 0.05) is 25.5 Å². The summed E-state index contributed by atoms with van der Waals surface area (Å²) in [6, 6.07) is 7.37. The van der Waals surface area contributed by atoms with Crippen molar-refractivity contribution in [2.45, 2.75) is 31.8 Å². The van der Waals surface area contributed by atoms with Gasteiger partial charge in [-0.05, 0) is 56.6 Å². The molecule has 1 saturated heterocycles. The van der Waals surface area contributed by atoms with E-state index in [0.29, 0.717) is 23.1 Å². The summed E-state index contributed by atoms with van der Waals surface area (Å²) in [7, 11) is 0. The first kappa shape index (κ1) is 21.0. The standard InChI is InChI=1S/C18H22Cl2N4O.ClH/c1-2-23(13-14-4-5-15(19)16(20)12-14)17(25)18(6-9-21-10-7-18)24-11-3-8-22-24;/h3-5,8,11-12,21H,2,6-7,9-10,13H2,1H3;1H. The molecule has 26 heavy (non-hydrogen) atoms. The van der Waals surface area contributed by atoms with E-state index in [1.165, 1.54) is 0 Å². The van der Waals surface area contributed by atoms with Crippen molar-refractivity contribution in [3.8, 4) is 0 Å². The largest absolute Gasteiger partial charge is 0.337 e. The van der Waals surface area contributed by atoms with Crippen molar-refractivity contribution >= 4 is 41.5 Å². The van der Waals surface area contributed by atoms with Gasteiger partial charge in [-0.2, -0.15) is 5.10 Å². The highest BCUT2D eigenvalue weighted by Crippen LogP contribution is 2.30. The van der Waals surface area contributed by atoms with Crippen LogP contribution in [0.1, 0.15) is 25.3 Å². The van der Waals surface area contributed by atoms with Crippen LogP contribution >= 0.6 is 35.6 Å². The topological polar surface area (TPSA) is 50.2 Å². The number of hydrogen-bond acceptors (Lipinski definition) is 3. The summed E-state index contributed by atoms with van der Waals surface area (Å²) in [6.45, 7) is 4.72. The van der Waals surface area contributed by atoms with E-state index in [0.717, 1.165) is 31.5 Å². The molecule has 142 valence electrons. The van der Waals surface area contributed by atoms with Gasteiger partial charge in [-0.1, -0.05) is 29.3 Å². The zero-order chi connectivity index (χ0) is 17.9. The van der Waals surface area contributed by atoms with Crippen molar-refractivity contribution < 1.29 is 4.79 Å². The molecule has 3 rings (SSSR count). The van der Waals surface area contributed by atoms with Crippen LogP contribution in [0.3, 0.4) is 0 Å². The summed E-state index contributed by atoms with van der Waals surface area (Å²) in [4.78, 5) is 15.4. The molecule has 1 fully saturated rings. The molecule has 2 aromatic rings. The van der Waals surface area contributed by atoms with Crippen LogP contribution < -0.4 is 5.32 Å². The van der Waals surface area contributed by atoms with Gasteiger partial charge in [0.2, 0.25) is 0 Å².